The molecule has 2 aromatic rings. The Kier molecular flexibility index (Phi) is 3.95. The fraction of sp³-hybridized carbons (Fsp3) is 0.267. The molecule has 0 radical (unpaired) electrons. The molecule has 122 valence electrons. The summed E-state index contributed by atoms with van der Waals surface area (Å²) in [7, 11) is -3.73. The van der Waals surface area contributed by atoms with E-state index in [2.05, 4.69) is 0 Å². The van der Waals surface area contributed by atoms with Crippen molar-refractivity contribution < 1.29 is 22.0 Å². The van der Waals surface area contributed by atoms with Gasteiger partial charge < -0.3 is 9.15 Å². The Balaban J connectivity index is 1.68. The molecule has 0 saturated carbocycles. The van der Waals surface area contributed by atoms with Crippen LogP contribution in [0.1, 0.15) is 5.76 Å². The highest BCUT2D eigenvalue weighted by atomic mass is 32.2. The van der Waals surface area contributed by atoms with E-state index in [4.69, 9.17) is 9.15 Å². The lowest BCUT2D eigenvalue weighted by atomic mass is 10.2. The Labute approximate surface area is 132 Å². The summed E-state index contributed by atoms with van der Waals surface area (Å²) >= 11 is 0. The van der Waals surface area contributed by atoms with Gasteiger partial charge in [0.1, 0.15) is 23.4 Å². The summed E-state index contributed by atoms with van der Waals surface area (Å²) in [5.74, 6) is 0.147. The number of hydrogen-bond acceptors (Lipinski definition) is 5. The van der Waals surface area contributed by atoms with Gasteiger partial charge in [-0.2, -0.15) is 4.31 Å². The van der Waals surface area contributed by atoms with E-state index in [1.54, 1.807) is 13.0 Å². The first-order valence-corrected chi connectivity index (χ1v) is 8.33. The number of halogens is 1. The summed E-state index contributed by atoms with van der Waals surface area (Å²) in [4.78, 5) is 11.2. The molecule has 0 bridgehead atoms. The molecule has 0 atom stereocenters. The quantitative estimate of drug-likeness (QED) is 0.844. The molecule has 0 N–H and O–H groups in total. The Morgan fingerprint density at radius 3 is 2.65 bits per heavy atom. The zero-order valence-corrected chi connectivity index (χ0v) is 13.0. The van der Waals surface area contributed by atoms with Crippen molar-refractivity contribution in [3.05, 3.63) is 58.4 Å². The van der Waals surface area contributed by atoms with Crippen LogP contribution in [0.25, 0.3) is 0 Å². The number of ether oxygens (including phenoxy) is 1. The van der Waals surface area contributed by atoms with E-state index in [9.17, 15) is 17.6 Å². The van der Waals surface area contributed by atoms with Crippen LogP contribution in [-0.4, -0.2) is 31.9 Å². The average Bonchev–Trinajstić information content (AvgIpc) is 2.41. The lowest BCUT2D eigenvalue weighted by Gasteiger charge is -2.37. The number of rotatable bonds is 4. The normalized spacial score (nSPS) is 16.1. The van der Waals surface area contributed by atoms with Crippen LogP contribution in [0, 0.1) is 12.7 Å². The van der Waals surface area contributed by atoms with Crippen molar-refractivity contribution >= 4 is 10.0 Å². The third-order valence-corrected chi connectivity index (χ3v) is 5.25. The Morgan fingerprint density at radius 2 is 2.00 bits per heavy atom. The minimum absolute atomic E-state index is 0.0906. The molecule has 0 amide bonds. The lowest BCUT2D eigenvalue weighted by molar-refractivity contribution is 0.0754. The van der Waals surface area contributed by atoms with Crippen LogP contribution in [0.5, 0.6) is 5.75 Å². The molecule has 0 spiro atoms. The molecule has 1 aliphatic heterocycles. The molecule has 8 heteroatoms. The molecule has 0 unspecified atom stereocenters. The van der Waals surface area contributed by atoms with Crippen molar-refractivity contribution in [2.24, 2.45) is 0 Å². The smallest absolute Gasteiger partial charge is 0.339 e. The van der Waals surface area contributed by atoms with Gasteiger partial charge in [-0.15, -0.1) is 0 Å². The summed E-state index contributed by atoms with van der Waals surface area (Å²) in [6.07, 6.45) is -0.362. The molecule has 6 nitrogen and oxygen atoms in total. The molecule has 1 aromatic carbocycles. The lowest BCUT2D eigenvalue weighted by Crippen LogP contribution is -2.56. The van der Waals surface area contributed by atoms with Gasteiger partial charge in [0.15, 0.2) is 0 Å². The Bertz CT molecular complexity index is 887. The molecule has 23 heavy (non-hydrogen) atoms. The summed E-state index contributed by atoms with van der Waals surface area (Å²) in [6.45, 7) is 1.89. The first-order valence-electron chi connectivity index (χ1n) is 6.89. The van der Waals surface area contributed by atoms with Gasteiger partial charge in [0.2, 0.25) is 10.0 Å². The van der Waals surface area contributed by atoms with E-state index in [0.29, 0.717) is 11.5 Å². The van der Waals surface area contributed by atoms with Crippen molar-refractivity contribution in [1.29, 1.82) is 0 Å². The predicted octanol–water partition coefficient (Wildman–Crippen LogP) is 1.54. The van der Waals surface area contributed by atoms with Gasteiger partial charge in [0, 0.05) is 6.07 Å². The van der Waals surface area contributed by atoms with Crippen LogP contribution < -0.4 is 10.4 Å². The van der Waals surface area contributed by atoms with Gasteiger partial charge in [-0.25, -0.2) is 17.6 Å². The van der Waals surface area contributed by atoms with E-state index < -0.39 is 21.5 Å². The molecule has 1 aromatic heterocycles. The zero-order chi connectivity index (χ0) is 16.6. The standard InChI is InChI=1S/C15H14FNO5S/c1-10-5-12(7-15(18)21-10)22-13-8-17(9-13)23(19,20)14-4-2-3-11(16)6-14/h2-7,13H,8-9H2,1H3. The number of benzene rings is 1. The van der Waals surface area contributed by atoms with E-state index in [0.717, 1.165) is 6.07 Å². The van der Waals surface area contributed by atoms with Gasteiger partial charge in [0.25, 0.3) is 0 Å². The van der Waals surface area contributed by atoms with Crippen molar-refractivity contribution in [2.75, 3.05) is 13.1 Å². The molecule has 1 aliphatic rings. The monoisotopic (exact) mass is 339 g/mol. The first kappa shape index (κ1) is 15.7. The highest BCUT2D eigenvalue weighted by Gasteiger charge is 2.38. The van der Waals surface area contributed by atoms with Crippen molar-refractivity contribution in [3.8, 4) is 5.75 Å². The second-order valence-electron chi connectivity index (χ2n) is 5.24. The highest BCUT2D eigenvalue weighted by Crippen LogP contribution is 2.25. The van der Waals surface area contributed by atoms with E-state index in [1.807, 2.05) is 0 Å². The summed E-state index contributed by atoms with van der Waals surface area (Å²) in [5, 5.41) is 0. The fourth-order valence-electron chi connectivity index (χ4n) is 2.28. The van der Waals surface area contributed by atoms with Crippen LogP contribution in [0.15, 0.2) is 50.5 Å². The summed E-state index contributed by atoms with van der Waals surface area (Å²) in [6, 6.07) is 7.63. The molecule has 0 aliphatic carbocycles. The highest BCUT2D eigenvalue weighted by molar-refractivity contribution is 7.89. The van der Waals surface area contributed by atoms with E-state index >= 15 is 0 Å². The van der Waals surface area contributed by atoms with Crippen LogP contribution >= 0.6 is 0 Å². The minimum Gasteiger partial charge on any atom is -0.487 e. The van der Waals surface area contributed by atoms with Gasteiger partial charge >= 0.3 is 5.63 Å². The maximum Gasteiger partial charge on any atom is 0.339 e. The fourth-order valence-corrected chi connectivity index (χ4v) is 3.82. The summed E-state index contributed by atoms with van der Waals surface area (Å²) in [5.41, 5.74) is -0.524. The maximum atomic E-state index is 13.2. The number of sulfonamides is 1. The SMILES string of the molecule is Cc1cc(OC2CN(S(=O)(=O)c3cccc(F)c3)C2)cc(=O)o1. The predicted molar refractivity (Wildman–Crippen MR) is 79.3 cm³/mol. The number of aryl methyl sites for hydroxylation is 1. The second-order valence-corrected chi connectivity index (χ2v) is 7.18. The Morgan fingerprint density at radius 1 is 1.26 bits per heavy atom. The topological polar surface area (TPSA) is 76.8 Å². The zero-order valence-electron chi connectivity index (χ0n) is 12.2. The molecule has 3 rings (SSSR count). The van der Waals surface area contributed by atoms with Crippen molar-refractivity contribution in [3.63, 3.8) is 0 Å². The number of hydrogen-bond donors (Lipinski definition) is 0. The number of nitrogens with zero attached hydrogens (tertiary/aromatic N) is 1. The Hall–Kier alpha value is -2.19. The minimum atomic E-state index is -3.73. The largest absolute Gasteiger partial charge is 0.487 e. The van der Waals surface area contributed by atoms with Gasteiger partial charge in [-0.3, -0.25) is 0 Å². The van der Waals surface area contributed by atoms with Crippen LogP contribution in [0.4, 0.5) is 4.39 Å². The summed E-state index contributed by atoms with van der Waals surface area (Å²) < 4.78 is 49.4. The van der Waals surface area contributed by atoms with Gasteiger partial charge in [0.05, 0.1) is 24.1 Å². The van der Waals surface area contributed by atoms with E-state index in [-0.39, 0.29) is 24.1 Å². The molecule has 2 heterocycles. The maximum absolute atomic E-state index is 13.2. The molecular formula is C15H14FNO5S. The van der Waals surface area contributed by atoms with Gasteiger partial charge in [-0.05, 0) is 25.1 Å². The van der Waals surface area contributed by atoms with Crippen molar-refractivity contribution in [2.45, 2.75) is 17.9 Å². The van der Waals surface area contributed by atoms with Gasteiger partial charge in [-0.1, -0.05) is 6.07 Å². The second kappa shape index (κ2) is 5.78. The van der Waals surface area contributed by atoms with Crippen LogP contribution in [0.2, 0.25) is 0 Å². The molecule has 1 saturated heterocycles. The third-order valence-electron chi connectivity index (χ3n) is 3.42. The van der Waals surface area contributed by atoms with Crippen LogP contribution in [0.3, 0.4) is 0 Å². The van der Waals surface area contributed by atoms with Crippen LogP contribution in [-0.2, 0) is 10.0 Å². The van der Waals surface area contributed by atoms with Crippen molar-refractivity contribution in [1.82, 2.24) is 4.31 Å². The average molecular weight is 339 g/mol. The molecular weight excluding hydrogens is 325 g/mol. The molecule has 1 fully saturated rings. The van der Waals surface area contributed by atoms with E-state index in [1.165, 1.54) is 28.6 Å². The third kappa shape index (κ3) is 3.27. The first-order chi connectivity index (χ1) is 10.8.